The predicted octanol–water partition coefficient (Wildman–Crippen LogP) is 3.90. The van der Waals surface area contributed by atoms with Crippen molar-refractivity contribution in [2.75, 3.05) is 18.1 Å². The molecule has 0 bridgehead atoms. The molecule has 1 amide bonds. The number of halogens is 1. The van der Waals surface area contributed by atoms with Crippen molar-refractivity contribution in [2.45, 2.75) is 55.1 Å². The maximum absolute atomic E-state index is 13.4. The second-order valence-corrected chi connectivity index (χ2v) is 9.37. The summed E-state index contributed by atoms with van der Waals surface area (Å²) in [7, 11) is 0. The molecule has 2 aliphatic heterocycles. The lowest BCUT2D eigenvalue weighted by atomic mass is 10.0. The highest BCUT2D eigenvalue weighted by Crippen LogP contribution is 2.30. The van der Waals surface area contributed by atoms with E-state index >= 15 is 0 Å². The second kappa shape index (κ2) is 8.92. The lowest BCUT2D eigenvalue weighted by Gasteiger charge is -2.35. The zero-order valence-electron chi connectivity index (χ0n) is 16.4. The Labute approximate surface area is 178 Å². The van der Waals surface area contributed by atoms with Gasteiger partial charge in [-0.2, -0.15) is 0 Å². The molecule has 1 saturated heterocycles. The number of thioether (sulfide) groups is 2. The molecule has 2 aromatic rings. The third-order valence-corrected chi connectivity index (χ3v) is 7.53. The molecule has 4 rings (SSSR count). The molecule has 2 aliphatic rings. The highest BCUT2D eigenvalue weighted by Gasteiger charge is 2.27. The zero-order chi connectivity index (χ0) is 20.4. The molecule has 1 aromatic carbocycles. The summed E-state index contributed by atoms with van der Waals surface area (Å²) in [5, 5.41) is 0.501. The SMILES string of the molecule is CC[C@H]1CCCCN1C(=O)CSc1nc2c(c(=O)n1-c1ccc(F)cc1)SCC2. The molecule has 5 nitrogen and oxygen atoms in total. The number of carbonyl (C=O) groups excluding carboxylic acids is 1. The van der Waals surface area contributed by atoms with Gasteiger partial charge in [0.05, 0.1) is 22.0 Å². The summed E-state index contributed by atoms with van der Waals surface area (Å²) in [5.74, 6) is 0.817. The Morgan fingerprint density at radius 2 is 2.10 bits per heavy atom. The number of hydrogen-bond donors (Lipinski definition) is 0. The highest BCUT2D eigenvalue weighted by atomic mass is 32.2. The van der Waals surface area contributed by atoms with Crippen LogP contribution in [0.5, 0.6) is 0 Å². The quantitative estimate of drug-likeness (QED) is 0.529. The van der Waals surface area contributed by atoms with E-state index in [2.05, 4.69) is 6.92 Å². The first-order valence-electron chi connectivity index (χ1n) is 10.1. The fourth-order valence-corrected chi connectivity index (χ4v) is 5.91. The van der Waals surface area contributed by atoms with Crippen LogP contribution in [-0.4, -0.2) is 44.5 Å². The molecular weight excluding hydrogens is 409 g/mol. The van der Waals surface area contributed by atoms with Crippen LogP contribution in [-0.2, 0) is 11.2 Å². The number of amides is 1. The molecule has 3 heterocycles. The summed E-state index contributed by atoms with van der Waals surface area (Å²) in [6.45, 7) is 2.92. The van der Waals surface area contributed by atoms with E-state index < -0.39 is 0 Å². The van der Waals surface area contributed by atoms with Crippen LogP contribution in [0.3, 0.4) is 0 Å². The molecule has 0 unspecified atom stereocenters. The van der Waals surface area contributed by atoms with Crippen LogP contribution in [0.1, 0.15) is 38.3 Å². The third-order valence-electron chi connectivity index (χ3n) is 5.49. The fraction of sp³-hybridized carbons (Fsp3) is 0.476. The lowest BCUT2D eigenvalue weighted by Crippen LogP contribution is -2.44. The molecule has 1 atom stereocenters. The minimum absolute atomic E-state index is 0.0938. The Bertz CT molecular complexity index is 962. The van der Waals surface area contributed by atoms with Crippen molar-refractivity contribution in [3.8, 4) is 5.69 Å². The average Bonchev–Trinajstić information content (AvgIpc) is 3.22. The second-order valence-electron chi connectivity index (χ2n) is 7.32. The van der Waals surface area contributed by atoms with Gasteiger partial charge in [0.1, 0.15) is 5.82 Å². The smallest absolute Gasteiger partial charge is 0.272 e. The normalized spacial score (nSPS) is 18.7. The summed E-state index contributed by atoms with van der Waals surface area (Å²) in [4.78, 5) is 33.4. The van der Waals surface area contributed by atoms with Gasteiger partial charge in [-0.1, -0.05) is 18.7 Å². The van der Waals surface area contributed by atoms with E-state index in [4.69, 9.17) is 4.98 Å². The standard InChI is InChI=1S/C21H24FN3O2S2/c1-2-15-5-3-4-11-24(15)18(26)13-29-21-23-17-10-12-28-19(17)20(27)25(21)16-8-6-14(22)7-9-16/h6-9,15H,2-5,10-13H2,1H3/t15-/m0/s1. The number of aromatic nitrogens is 2. The topological polar surface area (TPSA) is 55.2 Å². The van der Waals surface area contributed by atoms with Crippen molar-refractivity contribution in [3.63, 3.8) is 0 Å². The van der Waals surface area contributed by atoms with E-state index in [0.29, 0.717) is 21.8 Å². The Morgan fingerprint density at radius 1 is 1.31 bits per heavy atom. The summed E-state index contributed by atoms with van der Waals surface area (Å²) in [6, 6.07) is 6.13. The van der Waals surface area contributed by atoms with Crippen LogP contribution in [0.25, 0.3) is 5.69 Å². The van der Waals surface area contributed by atoms with Gasteiger partial charge in [-0.25, -0.2) is 9.37 Å². The van der Waals surface area contributed by atoms with Gasteiger partial charge in [-0.3, -0.25) is 14.2 Å². The first-order valence-corrected chi connectivity index (χ1v) is 12.0. The Hall–Kier alpha value is -1.80. The molecular formula is C21H24FN3O2S2. The molecule has 1 aromatic heterocycles. The third kappa shape index (κ3) is 4.23. The molecule has 1 fully saturated rings. The molecule has 0 spiro atoms. The molecule has 0 radical (unpaired) electrons. The lowest BCUT2D eigenvalue weighted by molar-refractivity contribution is -0.132. The van der Waals surface area contributed by atoms with Gasteiger partial charge in [0.15, 0.2) is 5.16 Å². The van der Waals surface area contributed by atoms with Crippen LogP contribution in [0.4, 0.5) is 4.39 Å². The van der Waals surface area contributed by atoms with Crippen molar-refractivity contribution in [2.24, 2.45) is 0 Å². The number of piperidine rings is 1. The maximum atomic E-state index is 13.4. The molecule has 0 aliphatic carbocycles. The molecule has 8 heteroatoms. The fourth-order valence-electron chi connectivity index (χ4n) is 3.97. The first-order chi connectivity index (χ1) is 14.1. The minimum atomic E-state index is -0.356. The van der Waals surface area contributed by atoms with Crippen LogP contribution in [0.15, 0.2) is 39.1 Å². The number of carbonyl (C=O) groups is 1. The van der Waals surface area contributed by atoms with E-state index in [0.717, 1.165) is 43.7 Å². The van der Waals surface area contributed by atoms with Gasteiger partial charge < -0.3 is 4.90 Å². The van der Waals surface area contributed by atoms with Gasteiger partial charge in [-0.15, -0.1) is 11.8 Å². The average molecular weight is 434 g/mol. The van der Waals surface area contributed by atoms with Gasteiger partial charge >= 0.3 is 0 Å². The van der Waals surface area contributed by atoms with Gasteiger partial charge in [0, 0.05) is 24.8 Å². The Balaban J connectivity index is 1.63. The molecule has 29 heavy (non-hydrogen) atoms. The van der Waals surface area contributed by atoms with Gasteiger partial charge in [-0.05, 0) is 49.9 Å². The number of fused-ring (bicyclic) bond motifs is 1. The van der Waals surface area contributed by atoms with Gasteiger partial charge in [0.2, 0.25) is 5.91 Å². The van der Waals surface area contributed by atoms with Crippen LogP contribution >= 0.6 is 23.5 Å². The summed E-state index contributed by atoms with van der Waals surface area (Å²) in [5.41, 5.74) is 1.24. The number of aryl methyl sites for hydroxylation is 1. The van der Waals surface area contributed by atoms with Crippen LogP contribution < -0.4 is 5.56 Å². The van der Waals surface area contributed by atoms with Crippen molar-refractivity contribution in [1.29, 1.82) is 0 Å². The van der Waals surface area contributed by atoms with E-state index in [9.17, 15) is 14.0 Å². The summed E-state index contributed by atoms with van der Waals surface area (Å²) >= 11 is 2.81. The summed E-state index contributed by atoms with van der Waals surface area (Å²) < 4.78 is 14.9. The molecule has 0 saturated carbocycles. The van der Waals surface area contributed by atoms with Crippen LogP contribution in [0.2, 0.25) is 0 Å². The number of nitrogens with zero attached hydrogens (tertiary/aromatic N) is 3. The number of rotatable bonds is 5. The minimum Gasteiger partial charge on any atom is -0.339 e. The molecule has 0 N–H and O–H groups in total. The number of benzene rings is 1. The monoisotopic (exact) mass is 433 g/mol. The zero-order valence-corrected chi connectivity index (χ0v) is 18.0. The Morgan fingerprint density at radius 3 is 2.86 bits per heavy atom. The number of hydrogen-bond acceptors (Lipinski definition) is 5. The first kappa shape index (κ1) is 20.5. The van der Waals surface area contributed by atoms with E-state index in [1.54, 1.807) is 12.1 Å². The largest absolute Gasteiger partial charge is 0.339 e. The van der Waals surface area contributed by atoms with Crippen molar-refractivity contribution in [3.05, 3.63) is 46.1 Å². The van der Waals surface area contributed by atoms with Crippen molar-refractivity contribution >= 4 is 29.4 Å². The highest BCUT2D eigenvalue weighted by molar-refractivity contribution is 8.00. The van der Waals surface area contributed by atoms with Gasteiger partial charge in [0.25, 0.3) is 5.56 Å². The summed E-state index contributed by atoms with van der Waals surface area (Å²) in [6.07, 6.45) is 4.99. The maximum Gasteiger partial charge on any atom is 0.272 e. The molecule has 154 valence electrons. The Kier molecular flexibility index (Phi) is 6.29. The van der Waals surface area contributed by atoms with Crippen molar-refractivity contribution < 1.29 is 9.18 Å². The van der Waals surface area contributed by atoms with E-state index in [1.807, 2.05) is 4.90 Å². The van der Waals surface area contributed by atoms with E-state index in [-0.39, 0.29) is 23.0 Å². The van der Waals surface area contributed by atoms with Crippen LogP contribution in [0, 0.1) is 5.82 Å². The predicted molar refractivity (Wildman–Crippen MR) is 115 cm³/mol. The van der Waals surface area contributed by atoms with E-state index in [1.165, 1.54) is 46.6 Å². The number of likely N-dealkylation sites (tertiary alicyclic amines) is 1. The van der Waals surface area contributed by atoms with Crippen molar-refractivity contribution in [1.82, 2.24) is 14.5 Å².